The van der Waals surface area contributed by atoms with Gasteiger partial charge in [-0.3, -0.25) is 4.79 Å². The Balaban J connectivity index is 2.69. The van der Waals surface area contributed by atoms with Gasteiger partial charge in [-0.2, -0.15) is 0 Å². The maximum Gasteiger partial charge on any atom is 0.227 e. The minimum Gasteiger partial charge on any atom is -0.389 e. The predicted molar refractivity (Wildman–Crippen MR) is 73.1 cm³/mol. The number of hydrogen-bond acceptors (Lipinski definition) is 3. The van der Waals surface area contributed by atoms with Crippen molar-refractivity contribution in [3.05, 3.63) is 0 Å². The van der Waals surface area contributed by atoms with Crippen LogP contribution in [0.2, 0.25) is 0 Å². The zero-order valence-corrected chi connectivity index (χ0v) is 12.0. The van der Waals surface area contributed by atoms with Crippen molar-refractivity contribution in [3.8, 4) is 0 Å². The summed E-state index contributed by atoms with van der Waals surface area (Å²) in [6, 6.07) is -0.0177. The molecule has 0 aliphatic heterocycles. The van der Waals surface area contributed by atoms with Crippen LogP contribution in [0.25, 0.3) is 0 Å². The SMILES string of the molecule is CCN(CC(C)(C)O)C(=O)C1CCCCCC1N. The lowest BCUT2D eigenvalue weighted by Gasteiger charge is -2.32. The Morgan fingerprint density at radius 1 is 1.33 bits per heavy atom. The van der Waals surface area contributed by atoms with Gasteiger partial charge >= 0.3 is 0 Å². The molecule has 4 heteroatoms. The molecule has 0 radical (unpaired) electrons. The van der Waals surface area contributed by atoms with Gasteiger partial charge < -0.3 is 15.7 Å². The minimum absolute atomic E-state index is 0.0177. The molecule has 18 heavy (non-hydrogen) atoms. The highest BCUT2D eigenvalue weighted by atomic mass is 16.3. The fourth-order valence-corrected chi connectivity index (χ4v) is 2.69. The summed E-state index contributed by atoms with van der Waals surface area (Å²) in [6.07, 6.45) is 5.22. The van der Waals surface area contributed by atoms with E-state index in [9.17, 15) is 9.90 Å². The predicted octanol–water partition coefficient (Wildman–Crippen LogP) is 1.51. The van der Waals surface area contributed by atoms with Crippen LogP contribution in [0.5, 0.6) is 0 Å². The number of carbonyl (C=O) groups is 1. The third-order valence-corrected chi connectivity index (χ3v) is 3.66. The lowest BCUT2D eigenvalue weighted by molar-refractivity contribution is -0.139. The summed E-state index contributed by atoms with van der Waals surface area (Å²) in [4.78, 5) is 14.3. The molecule has 0 spiro atoms. The zero-order chi connectivity index (χ0) is 13.8. The largest absolute Gasteiger partial charge is 0.389 e. The Bertz CT molecular complexity index is 273. The number of nitrogens with zero attached hydrogens (tertiary/aromatic N) is 1. The van der Waals surface area contributed by atoms with Gasteiger partial charge in [0.05, 0.1) is 11.5 Å². The van der Waals surface area contributed by atoms with Gasteiger partial charge in [-0.25, -0.2) is 0 Å². The minimum atomic E-state index is -0.847. The quantitative estimate of drug-likeness (QED) is 0.749. The normalized spacial score (nSPS) is 25.6. The fourth-order valence-electron chi connectivity index (χ4n) is 2.69. The van der Waals surface area contributed by atoms with Gasteiger partial charge in [-0.1, -0.05) is 19.3 Å². The second-order valence-electron chi connectivity index (χ2n) is 6.07. The summed E-state index contributed by atoms with van der Waals surface area (Å²) in [5, 5.41) is 9.86. The van der Waals surface area contributed by atoms with Crippen LogP contribution in [-0.4, -0.2) is 40.6 Å². The molecule has 0 saturated heterocycles. The van der Waals surface area contributed by atoms with Gasteiger partial charge in [0, 0.05) is 19.1 Å². The van der Waals surface area contributed by atoms with Crippen LogP contribution in [0, 0.1) is 5.92 Å². The monoisotopic (exact) mass is 256 g/mol. The van der Waals surface area contributed by atoms with E-state index in [1.54, 1.807) is 18.7 Å². The van der Waals surface area contributed by atoms with Gasteiger partial charge in [-0.05, 0) is 33.6 Å². The molecule has 4 nitrogen and oxygen atoms in total. The van der Waals surface area contributed by atoms with Crippen LogP contribution in [0.1, 0.15) is 52.9 Å². The number of nitrogens with two attached hydrogens (primary N) is 1. The maximum atomic E-state index is 12.5. The standard InChI is InChI=1S/C14H28N2O2/c1-4-16(10-14(2,3)18)13(17)11-8-6-5-7-9-12(11)15/h11-12,18H,4-10,15H2,1-3H3. The average Bonchev–Trinajstić information content (AvgIpc) is 2.48. The van der Waals surface area contributed by atoms with Crippen LogP contribution in [-0.2, 0) is 4.79 Å². The van der Waals surface area contributed by atoms with Crippen LogP contribution in [0.4, 0.5) is 0 Å². The molecule has 0 aromatic rings. The van der Waals surface area contributed by atoms with Crippen LogP contribution < -0.4 is 5.73 Å². The van der Waals surface area contributed by atoms with E-state index < -0.39 is 5.60 Å². The molecule has 106 valence electrons. The summed E-state index contributed by atoms with van der Waals surface area (Å²) in [7, 11) is 0. The van der Waals surface area contributed by atoms with E-state index in [-0.39, 0.29) is 17.9 Å². The highest BCUT2D eigenvalue weighted by Crippen LogP contribution is 2.24. The van der Waals surface area contributed by atoms with Crippen molar-refractivity contribution < 1.29 is 9.90 Å². The molecule has 3 N–H and O–H groups in total. The first-order valence-electron chi connectivity index (χ1n) is 7.12. The van der Waals surface area contributed by atoms with Crippen LogP contribution in [0.3, 0.4) is 0 Å². The lowest BCUT2D eigenvalue weighted by Crippen LogP contribution is -2.48. The van der Waals surface area contributed by atoms with Crippen molar-refractivity contribution in [2.24, 2.45) is 11.7 Å². The van der Waals surface area contributed by atoms with Crippen molar-refractivity contribution in [2.75, 3.05) is 13.1 Å². The summed E-state index contributed by atoms with van der Waals surface area (Å²) in [5.74, 6) is 0.0591. The molecule has 2 atom stereocenters. The van der Waals surface area contributed by atoms with Crippen LogP contribution in [0.15, 0.2) is 0 Å². The van der Waals surface area contributed by atoms with Crippen molar-refractivity contribution in [3.63, 3.8) is 0 Å². The number of rotatable bonds is 4. The van der Waals surface area contributed by atoms with E-state index in [2.05, 4.69) is 0 Å². The highest BCUT2D eigenvalue weighted by molar-refractivity contribution is 5.79. The molecule has 1 saturated carbocycles. The molecule has 0 aromatic carbocycles. The Morgan fingerprint density at radius 3 is 2.50 bits per heavy atom. The molecular formula is C14H28N2O2. The lowest BCUT2D eigenvalue weighted by atomic mass is 9.93. The van der Waals surface area contributed by atoms with Gasteiger partial charge in [0.1, 0.15) is 0 Å². The number of carbonyl (C=O) groups excluding carboxylic acids is 1. The number of amides is 1. The average molecular weight is 256 g/mol. The molecule has 1 amide bonds. The van der Waals surface area contributed by atoms with Gasteiger partial charge in [-0.15, -0.1) is 0 Å². The number of aliphatic hydroxyl groups is 1. The molecule has 1 aliphatic carbocycles. The van der Waals surface area contributed by atoms with E-state index in [4.69, 9.17) is 5.73 Å². The van der Waals surface area contributed by atoms with Crippen molar-refractivity contribution >= 4 is 5.91 Å². The summed E-state index contributed by atoms with van der Waals surface area (Å²) in [5.41, 5.74) is 5.28. The highest BCUT2D eigenvalue weighted by Gasteiger charge is 2.31. The maximum absolute atomic E-state index is 12.5. The van der Waals surface area contributed by atoms with E-state index in [0.717, 1.165) is 25.7 Å². The van der Waals surface area contributed by atoms with Gasteiger partial charge in [0.15, 0.2) is 0 Å². The first-order chi connectivity index (χ1) is 8.35. The number of hydrogen-bond donors (Lipinski definition) is 2. The topological polar surface area (TPSA) is 66.6 Å². The second-order valence-corrected chi connectivity index (χ2v) is 6.07. The van der Waals surface area contributed by atoms with Crippen LogP contribution >= 0.6 is 0 Å². The molecule has 0 aromatic heterocycles. The number of likely N-dealkylation sites (N-methyl/N-ethyl adjacent to an activating group) is 1. The van der Waals surface area contributed by atoms with E-state index >= 15 is 0 Å². The molecule has 0 heterocycles. The first-order valence-corrected chi connectivity index (χ1v) is 7.12. The van der Waals surface area contributed by atoms with Crippen molar-refractivity contribution in [1.29, 1.82) is 0 Å². The second kappa shape index (κ2) is 6.53. The smallest absolute Gasteiger partial charge is 0.227 e. The molecule has 1 fully saturated rings. The van der Waals surface area contributed by atoms with E-state index in [1.807, 2.05) is 6.92 Å². The summed E-state index contributed by atoms with van der Waals surface area (Å²) >= 11 is 0. The Kier molecular flexibility index (Phi) is 5.60. The molecular weight excluding hydrogens is 228 g/mol. The third kappa shape index (κ3) is 4.58. The fraction of sp³-hybridized carbons (Fsp3) is 0.929. The molecule has 2 unspecified atom stereocenters. The summed E-state index contributed by atoms with van der Waals surface area (Å²) in [6.45, 7) is 6.43. The van der Waals surface area contributed by atoms with Gasteiger partial charge in [0.25, 0.3) is 0 Å². The third-order valence-electron chi connectivity index (χ3n) is 3.66. The molecule has 0 bridgehead atoms. The van der Waals surface area contributed by atoms with Gasteiger partial charge in [0.2, 0.25) is 5.91 Å². The zero-order valence-electron chi connectivity index (χ0n) is 12.0. The Hall–Kier alpha value is -0.610. The molecule has 1 aliphatic rings. The Morgan fingerprint density at radius 2 is 1.94 bits per heavy atom. The molecule has 1 rings (SSSR count). The van der Waals surface area contributed by atoms with Crippen molar-refractivity contribution in [1.82, 2.24) is 4.90 Å². The van der Waals surface area contributed by atoms with E-state index in [0.29, 0.717) is 13.1 Å². The Labute approximate surface area is 111 Å². The van der Waals surface area contributed by atoms with Crippen molar-refractivity contribution in [2.45, 2.75) is 64.5 Å². The summed E-state index contributed by atoms with van der Waals surface area (Å²) < 4.78 is 0. The first kappa shape index (κ1) is 15.4. The van der Waals surface area contributed by atoms with E-state index in [1.165, 1.54) is 6.42 Å².